The minimum Gasteiger partial charge on any atom is -0.467 e. The number of methoxy groups -OCH3 is 1. The summed E-state index contributed by atoms with van der Waals surface area (Å²) in [6.07, 6.45) is 0.506. The van der Waals surface area contributed by atoms with Crippen LogP contribution in [-0.4, -0.2) is 51.0 Å². The molecule has 1 aromatic heterocycles. The molecule has 0 aliphatic heterocycles. The largest absolute Gasteiger partial charge is 0.467 e. The van der Waals surface area contributed by atoms with Crippen molar-refractivity contribution in [2.45, 2.75) is 31.5 Å². The first kappa shape index (κ1) is 20.2. The summed E-state index contributed by atoms with van der Waals surface area (Å²) in [5.41, 5.74) is 0.731. The average molecular weight is 398 g/mol. The Balaban J connectivity index is 1.98. The van der Waals surface area contributed by atoms with Crippen LogP contribution in [0, 0.1) is 5.92 Å². The van der Waals surface area contributed by atoms with Crippen LogP contribution < -0.4 is 5.32 Å². The highest BCUT2D eigenvalue weighted by Gasteiger charge is 2.23. The monoisotopic (exact) mass is 397 g/mol. The molecule has 0 spiro atoms. The second kappa shape index (κ2) is 9.54. The third-order valence-electron chi connectivity index (χ3n) is 3.37. The molecule has 2 aromatic rings. The lowest BCUT2D eigenvalue weighted by Gasteiger charge is -2.18. The van der Waals surface area contributed by atoms with Crippen molar-refractivity contribution in [1.82, 2.24) is 25.5 Å². The van der Waals surface area contributed by atoms with Gasteiger partial charge >= 0.3 is 5.97 Å². The van der Waals surface area contributed by atoms with Crippen molar-refractivity contribution in [2.24, 2.45) is 5.92 Å². The minimum absolute atomic E-state index is 0.0690. The van der Waals surface area contributed by atoms with Gasteiger partial charge < -0.3 is 10.1 Å². The molecule has 1 heterocycles. The van der Waals surface area contributed by atoms with E-state index in [9.17, 15) is 9.59 Å². The maximum atomic E-state index is 12.2. The van der Waals surface area contributed by atoms with E-state index >= 15 is 0 Å². The Morgan fingerprint density at radius 3 is 2.62 bits per heavy atom. The van der Waals surface area contributed by atoms with Crippen molar-refractivity contribution in [1.29, 1.82) is 0 Å². The number of nitrogens with zero attached hydrogens (tertiary/aromatic N) is 4. The van der Waals surface area contributed by atoms with Gasteiger partial charge in [-0.05, 0) is 47.0 Å². The number of tetrazole rings is 1. The van der Waals surface area contributed by atoms with Crippen LogP contribution in [0.4, 0.5) is 0 Å². The normalized spacial score (nSPS) is 12.0. The second-order valence-electron chi connectivity index (χ2n) is 5.91. The van der Waals surface area contributed by atoms with Crippen LogP contribution >= 0.6 is 23.4 Å². The highest BCUT2D eigenvalue weighted by atomic mass is 35.5. The van der Waals surface area contributed by atoms with Crippen LogP contribution in [0.2, 0.25) is 5.02 Å². The smallest absolute Gasteiger partial charge is 0.328 e. The number of nitrogens with one attached hydrogen (secondary N) is 1. The number of esters is 1. The Morgan fingerprint density at radius 2 is 2.00 bits per heavy atom. The molecule has 0 saturated carbocycles. The van der Waals surface area contributed by atoms with E-state index in [1.54, 1.807) is 24.3 Å². The van der Waals surface area contributed by atoms with Crippen LogP contribution in [0.3, 0.4) is 0 Å². The number of amides is 1. The lowest BCUT2D eigenvalue weighted by atomic mass is 10.0. The quantitative estimate of drug-likeness (QED) is 0.538. The fraction of sp³-hybridized carbons (Fsp3) is 0.438. The van der Waals surface area contributed by atoms with Gasteiger partial charge in [-0.2, -0.15) is 4.68 Å². The lowest BCUT2D eigenvalue weighted by Crippen LogP contribution is -2.43. The summed E-state index contributed by atoms with van der Waals surface area (Å²) in [7, 11) is 1.30. The number of thioether (sulfide) groups is 1. The molecule has 26 heavy (non-hydrogen) atoms. The molecule has 1 amide bonds. The molecule has 2 rings (SSSR count). The molecule has 0 bridgehead atoms. The lowest BCUT2D eigenvalue weighted by molar-refractivity contribution is -0.145. The SMILES string of the molecule is COC(=O)[C@@H](CC(C)C)NC(=O)CSc1nnnn1-c1ccc(Cl)cc1. The number of aromatic nitrogens is 4. The zero-order valence-corrected chi connectivity index (χ0v) is 16.3. The molecule has 0 unspecified atom stereocenters. The maximum Gasteiger partial charge on any atom is 0.328 e. The summed E-state index contributed by atoms with van der Waals surface area (Å²) < 4.78 is 6.26. The van der Waals surface area contributed by atoms with Gasteiger partial charge in [-0.25, -0.2) is 4.79 Å². The first-order valence-electron chi connectivity index (χ1n) is 7.95. The molecule has 0 radical (unpaired) electrons. The van der Waals surface area contributed by atoms with Crippen molar-refractivity contribution in [3.63, 3.8) is 0 Å². The van der Waals surface area contributed by atoms with Gasteiger partial charge in [-0.3, -0.25) is 4.79 Å². The van der Waals surface area contributed by atoms with E-state index in [-0.39, 0.29) is 17.6 Å². The molecule has 0 aliphatic rings. The van der Waals surface area contributed by atoms with Crippen molar-refractivity contribution in [3.8, 4) is 5.69 Å². The molecule has 0 aliphatic carbocycles. The zero-order chi connectivity index (χ0) is 19.1. The van der Waals surface area contributed by atoms with E-state index in [0.29, 0.717) is 16.6 Å². The van der Waals surface area contributed by atoms with Crippen LogP contribution in [0.25, 0.3) is 5.69 Å². The zero-order valence-electron chi connectivity index (χ0n) is 14.7. The molecule has 0 saturated heterocycles. The van der Waals surface area contributed by atoms with Crippen molar-refractivity contribution in [2.75, 3.05) is 12.9 Å². The Labute approximate surface area is 160 Å². The summed E-state index contributed by atoms with van der Waals surface area (Å²) in [5.74, 6) is -0.441. The van der Waals surface area contributed by atoms with Crippen molar-refractivity contribution >= 4 is 35.2 Å². The highest BCUT2D eigenvalue weighted by molar-refractivity contribution is 7.99. The second-order valence-corrected chi connectivity index (χ2v) is 7.29. The van der Waals surface area contributed by atoms with Gasteiger partial charge in [0.2, 0.25) is 11.1 Å². The molecule has 1 aromatic carbocycles. The molecular formula is C16H20ClN5O3S. The van der Waals surface area contributed by atoms with E-state index in [1.807, 2.05) is 13.8 Å². The van der Waals surface area contributed by atoms with E-state index < -0.39 is 12.0 Å². The van der Waals surface area contributed by atoms with Gasteiger partial charge in [0.15, 0.2) is 0 Å². The van der Waals surface area contributed by atoms with Gasteiger partial charge in [-0.1, -0.05) is 37.2 Å². The van der Waals surface area contributed by atoms with E-state index in [4.69, 9.17) is 16.3 Å². The van der Waals surface area contributed by atoms with E-state index in [1.165, 1.54) is 23.6 Å². The highest BCUT2D eigenvalue weighted by Crippen LogP contribution is 2.19. The van der Waals surface area contributed by atoms with Gasteiger partial charge in [0, 0.05) is 5.02 Å². The Hall–Kier alpha value is -2.13. The molecule has 1 atom stereocenters. The van der Waals surface area contributed by atoms with Gasteiger partial charge in [0.05, 0.1) is 18.6 Å². The Morgan fingerprint density at radius 1 is 1.31 bits per heavy atom. The standard InChI is InChI=1S/C16H20ClN5O3S/c1-10(2)8-13(15(24)25-3)18-14(23)9-26-16-19-20-21-22(16)12-6-4-11(17)5-7-12/h4-7,10,13H,8-9H2,1-3H3,(H,18,23)/t13-/m1/s1. The number of carbonyl (C=O) groups is 2. The third kappa shape index (κ3) is 5.70. The van der Waals surface area contributed by atoms with E-state index in [2.05, 4.69) is 20.8 Å². The Kier molecular flexibility index (Phi) is 7.40. The number of halogens is 1. The van der Waals surface area contributed by atoms with Gasteiger partial charge in [0.25, 0.3) is 0 Å². The van der Waals surface area contributed by atoms with Crippen molar-refractivity contribution < 1.29 is 14.3 Å². The summed E-state index contributed by atoms with van der Waals surface area (Å²) in [5, 5.41) is 15.3. The fourth-order valence-corrected chi connectivity index (χ4v) is 3.04. The molecule has 10 heteroatoms. The first-order valence-corrected chi connectivity index (χ1v) is 9.31. The predicted octanol–water partition coefficient (Wildman–Crippen LogP) is 2.11. The first-order chi connectivity index (χ1) is 12.4. The van der Waals surface area contributed by atoms with E-state index in [0.717, 1.165) is 5.69 Å². The number of hydrogen-bond acceptors (Lipinski definition) is 7. The summed E-state index contributed by atoms with van der Waals surface area (Å²) in [6, 6.07) is 6.34. The third-order valence-corrected chi connectivity index (χ3v) is 4.54. The predicted molar refractivity (Wildman–Crippen MR) is 98.3 cm³/mol. The fourth-order valence-electron chi connectivity index (χ4n) is 2.21. The number of benzene rings is 1. The number of hydrogen-bond donors (Lipinski definition) is 1. The number of carbonyl (C=O) groups excluding carboxylic acids is 2. The summed E-state index contributed by atoms with van der Waals surface area (Å²) >= 11 is 7.05. The topological polar surface area (TPSA) is 99.0 Å². The van der Waals surface area contributed by atoms with Crippen LogP contribution in [-0.2, 0) is 14.3 Å². The average Bonchev–Trinajstić information content (AvgIpc) is 3.07. The van der Waals surface area contributed by atoms with Crippen molar-refractivity contribution in [3.05, 3.63) is 29.3 Å². The number of rotatable bonds is 8. The van der Waals surface area contributed by atoms with Crippen LogP contribution in [0.5, 0.6) is 0 Å². The minimum atomic E-state index is -0.666. The molecule has 140 valence electrons. The van der Waals surface area contributed by atoms with Gasteiger partial charge in [0.1, 0.15) is 6.04 Å². The summed E-state index contributed by atoms with van der Waals surface area (Å²) in [6.45, 7) is 3.94. The van der Waals surface area contributed by atoms with Gasteiger partial charge in [-0.15, -0.1) is 5.10 Å². The molecular weight excluding hydrogens is 378 g/mol. The molecule has 8 nitrogen and oxygen atoms in total. The Bertz CT molecular complexity index is 751. The maximum absolute atomic E-state index is 12.2. The van der Waals surface area contributed by atoms with Crippen LogP contribution in [0.15, 0.2) is 29.4 Å². The summed E-state index contributed by atoms with van der Waals surface area (Å²) in [4.78, 5) is 24.0. The number of ether oxygens (including phenoxy) is 1. The molecule has 1 N–H and O–H groups in total. The molecule has 0 fully saturated rings. The van der Waals surface area contributed by atoms with Crippen LogP contribution in [0.1, 0.15) is 20.3 Å².